The van der Waals surface area contributed by atoms with Crippen LogP contribution in [0.15, 0.2) is 47.6 Å². The number of carbonyl (C=O) groups excluding carboxylic acids is 1. The van der Waals surface area contributed by atoms with Gasteiger partial charge in [-0.3, -0.25) is 4.79 Å². The average molecular weight is 421 g/mol. The Labute approximate surface area is 171 Å². The number of rotatable bonds is 7. The molecule has 0 radical (unpaired) electrons. The summed E-state index contributed by atoms with van der Waals surface area (Å²) in [6.07, 6.45) is 0. The second kappa shape index (κ2) is 9.07. The van der Waals surface area contributed by atoms with Gasteiger partial charge in [-0.2, -0.15) is 0 Å². The van der Waals surface area contributed by atoms with Crippen LogP contribution in [-0.4, -0.2) is 33.5 Å². The summed E-state index contributed by atoms with van der Waals surface area (Å²) < 4.78 is 21.1. The third-order valence-electron chi connectivity index (χ3n) is 3.92. The minimum Gasteiger partial charge on any atom is -0.496 e. The average Bonchev–Trinajstić information content (AvgIpc) is 3.11. The van der Waals surface area contributed by atoms with Crippen molar-refractivity contribution in [1.82, 2.24) is 14.8 Å². The SMILES string of the molecule is CCn1c(SCC(=O)Nc2cc(Cl)ccc2F)nnc1-c1ccccc1OC. The van der Waals surface area contributed by atoms with Gasteiger partial charge < -0.3 is 14.6 Å². The number of ether oxygens (including phenoxy) is 1. The van der Waals surface area contributed by atoms with E-state index in [1.807, 2.05) is 35.8 Å². The normalized spacial score (nSPS) is 10.7. The molecule has 9 heteroatoms. The Morgan fingerprint density at radius 2 is 2.07 bits per heavy atom. The molecule has 146 valence electrons. The van der Waals surface area contributed by atoms with Gasteiger partial charge in [0.1, 0.15) is 11.6 Å². The predicted molar refractivity (Wildman–Crippen MR) is 108 cm³/mol. The zero-order chi connectivity index (χ0) is 20.1. The largest absolute Gasteiger partial charge is 0.496 e. The van der Waals surface area contributed by atoms with Crippen molar-refractivity contribution in [3.05, 3.63) is 53.3 Å². The summed E-state index contributed by atoms with van der Waals surface area (Å²) in [6, 6.07) is 11.5. The van der Waals surface area contributed by atoms with Gasteiger partial charge in [-0.15, -0.1) is 10.2 Å². The maximum absolute atomic E-state index is 13.8. The van der Waals surface area contributed by atoms with Gasteiger partial charge in [0.15, 0.2) is 11.0 Å². The highest BCUT2D eigenvalue weighted by atomic mass is 35.5. The number of halogens is 2. The van der Waals surface area contributed by atoms with Gasteiger partial charge in [0.25, 0.3) is 0 Å². The molecule has 6 nitrogen and oxygen atoms in total. The molecule has 1 heterocycles. The number of hydrogen-bond donors (Lipinski definition) is 1. The van der Waals surface area contributed by atoms with E-state index >= 15 is 0 Å². The minimum atomic E-state index is -0.544. The van der Waals surface area contributed by atoms with Crippen LogP contribution >= 0.6 is 23.4 Å². The van der Waals surface area contributed by atoms with Crippen molar-refractivity contribution in [2.75, 3.05) is 18.2 Å². The maximum Gasteiger partial charge on any atom is 0.234 e. The van der Waals surface area contributed by atoms with Crippen LogP contribution in [0.4, 0.5) is 10.1 Å². The van der Waals surface area contributed by atoms with Crippen molar-refractivity contribution in [2.24, 2.45) is 0 Å². The number of para-hydroxylation sites is 1. The Bertz CT molecular complexity index is 996. The third kappa shape index (κ3) is 4.45. The van der Waals surface area contributed by atoms with E-state index in [9.17, 15) is 9.18 Å². The minimum absolute atomic E-state index is 0.0461. The lowest BCUT2D eigenvalue weighted by molar-refractivity contribution is -0.113. The Kier molecular flexibility index (Phi) is 6.53. The lowest BCUT2D eigenvalue weighted by Crippen LogP contribution is -2.15. The molecule has 0 aliphatic heterocycles. The number of anilines is 1. The summed E-state index contributed by atoms with van der Waals surface area (Å²) in [5.74, 6) is 0.489. The molecule has 0 saturated carbocycles. The first-order valence-electron chi connectivity index (χ1n) is 8.47. The van der Waals surface area contributed by atoms with Crippen molar-refractivity contribution >= 4 is 35.0 Å². The van der Waals surface area contributed by atoms with Crippen molar-refractivity contribution in [1.29, 1.82) is 0 Å². The molecule has 0 atom stereocenters. The number of thioether (sulfide) groups is 1. The van der Waals surface area contributed by atoms with Crippen LogP contribution in [0.5, 0.6) is 5.75 Å². The number of benzene rings is 2. The van der Waals surface area contributed by atoms with Gasteiger partial charge in [0.2, 0.25) is 5.91 Å². The molecule has 0 fully saturated rings. The van der Waals surface area contributed by atoms with E-state index in [2.05, 4.69) is 15.5 Å². The molecular formula is C19H18ClFN4O2S. The first kappa shape index (κ1) is 20.2. The van der Waals surface area contributed by atoms with Gasteiger partial charge in [0, 0.05) is 11.6 Å². The van der Waals surface area contributed by atoms with Gasteiger partial charge in [-0.05, 0) is 37.3 Å². The summed E-state index contributed by atoms with van der Waals surface area (Å²) in [7, 11) is 1.60. The summed E-state index contributed by atoms with van der Waals surface area (Å²) in [5.41, 5.74) is 0.862. The number of carbonyl (C=O) groups is 1. The highest BCUT2D eigenvalue weighted by Gasteiger charge is 2.17. The van der Waals surface area contributed by atoms with Crippen LogP contribution in [0.1, 0.15) is 6.92 Å². The van der Waals surface area contributed by atoms with E-state index in [0.717, 1.165) is 5.56 Å². The van der Waals surface area contributed by atoms with E-state index in [4.69, 9.17) is 16.3 Å². The lowest BCUT2D eigenvalue weighted by atomic mass is 10.2. The van der Waals surface area contributed by atoms with Crippen LogP contribution in [-0.2, 0) is 11.3 Å². The van der Waals surface area contributed by atoms with Crippen molar-refractivity contribution < 1.29 is 13.9 Å². The van der Waals surface area contributed by atoms with E-state index < -0.39 is 5.82 Å². The standard InChI is InChI=1S/C19H18ClFN4O2S/c1-3-25-18(13-6-4-5-7-16(13)27-2)23-24-19(25)28-11-17(26)22-15-10-12(20)8-9-14(15)21/h4-10H,3,11H2,1-2H3,(H,22,26). The second-order valence-corrected chi connectivity index (χ2v) is 7.09. The topological polar surface area (TPSA) is 69.0 Å². The monoisotopic (exact) mass is 420 g/mol. The molecule has 3 rings (SSSR count). The van der Waals surface area contributed by atoms with E-state index in [1.165, 1.54) is 30.0 Å². The van der Waals surface area contributed by atoms with Crippen LogP contribution in [0.25, 0.3) is 11.4 Å². The highest BCUT2D eigenvalue weighted by Crippen LogP contribution is 2.31. The second-order valence-electron chi connectivity index (χ2n) is 5.71. The maximum atomic E-state index is 13.8. The number of nitrogens with zero attached hydrogens (tertiary/aromatic N) is 3. The molecule has 0 saturated heterocycles. The van der Waals surface area contributed by atoms with Crippen molar-refractivity contribution in [2.45, 2.75) is 18.6 Å². The van der Waals surface area contributed by atoms with Crippen LogP contribution in [0.3, 0.4) is 0 Å². The first-order chi connectivity index (χ1) is 13.5. The molecular weight excluding hydrogens is 403 g/mol. The Hall–Kier alpha value is -2.58. The Balaban J connectivity index is 1.74. The Morgan fingerprint density at radius 1 is 1.29 bits per heavy atom. The molecule has 28 heavy (non-hydrogen) atoms. The fraction of sp³-hybridized carbons (Fsp3) is 0.211. The first-order valence-corrected chi connectivity index (χ1v) is 9.84. The molecule has 0 aliphatic rings. The number of nitrogens with one attached hydrogen (secondary N) is 1. The number of aromatic nitrogens is 3. The summed E-state index contributed by atoms with van der Waals surface area (Å²) in [4.78, 5) is 12.2. The van der Waals surface area contributed by atoms with Crippen molar-refractivity contribution in [3.63, 3.8) is 0 Å². The molecule has 1 amide bonds. The molecule has 0 spiro atoms. The summed E-state index contributed by atoms with van der Waals surface area (Å²) >= 11 is 7.06. The molecule has 0 bridgehead atoms. The van der Waals surface area contributed by atoms with Crippen LogP contribution in [0.2, 0.25) is 5.02 Å². The van der Waals surface area contributed by atoms with E-state index in [-0.39, 0.29) is 17.3 Å². The number of amides is 1. The van der Waals surface area contributed by atoms with E-state index in [1.54, 1.807) is 7.11 Å². The van der Waals surface area contributed by atoms with E-state index in [0.29, 0.717) is 28.3 Å². The summed E-state index contributed by atoms with van der Waals surface area (Å²) in [5, 5.41) is 11.9. The zero-order valence-corrected chi connectivity index (χ0v) is 16.9. The van der Waals surface area contributed by atoms with Crippen LogP contribution < -0.4 is 10.1 Å². The lowest BCUT2D eigenvalue weighted by Gasteiger charge is -2.10. The molecule has 3 aromatic rings. The van der Waals surface area contributed by atoms with Gasteiger partial charge >= 0.3 is 0 Å². The van der Waals surface area contributed by atoms with Gasteiger partial charge in [0.05, 0.1) is 24.1 Å². The Morgan fingerprint density at radius 3 is 2.82 bits per heavy atom. The number of methoxy groups -OCH3 is 1. The number of hydrogen-bond acceptors (Lipinski definition) is 5. The molecule has 1 aromatic heterocycles. The van der Waals surface area contributed by atoms with Crippen molar-refractivity contribution in [3.8, 4) is 17.1 Å². The van der Waals surface area contributed by atoms with Crippen LogP contribution in [0, 0.1) is 5.82 Å². The molecule has 0 unspecified atom stereocenters. The molecule has 0 aliphatic carbocycles. The zero-order valence-electron chi connectivity index (χ0n) is 15.3. The highest BCUT2D eigenvalue weighted by molar-refractivity contribution is 7.99. The fourth-order valence-corrected chi connectivity index (χ4v) is 3.59. The summed E-state index contributed by atoms with van der Waals surface area (Å²) in [6.45, 7) is 2.58. The quantitative estimate of drug-likeness (QED) is 0.570. The van der Waals surface area contributed by atoms with Gasteiger partial charge in [-0.25, -0.2) is 4.39 Å². The smallest absolute Gasteiger partial charge is 0.234 e. The predicted octanol–water partition coefficient (Wildman–Crippen LogP) is 4.50. The molecule has 1 N–H and O–H groups in total. The van der Waals surface area contributed by atoms with Gasteiger partial charge in [-0.1, -0.05) is 35.5 Å². The molecule has 2 aromatic carbocycles. The fourth-order valence-electron chi connectivity index (χ4n) is 2.62. The third-order valence-corrected chi connectivity index (χ3v) is 5.12.